The molecule has 2 aromatic carbocycles. The van der Waals surface area contributed by atoms with Crippen molar-refractivity contribution in [1.29, 1.82) is 0 Å². The SMILES string of the molecule is CCNC(c1ccc(C)cc1)C(C)c1ccccc1. The summed E-state index contributed by atoms with van der Waals surface area (Å²) in [5, 5.41) is 3.62. The van der Waals surface area contributed by atoms with E-state index in [0.29, 0.717) is 12.0 Å². The molecule has 0 fully saturated rings. The zero-order chi connectivity index (χ0) is 13.7. The lowest BCUT2D eigenvalue weighted by Gasteiger charge is -2.26. The molecule has 1 heteroatoms. The van der Waals surface area contributed by atoms with Gasteiger partial charge in [0.05, 0.1) is 0 Å². The predicted molar refractivity (Wildman–Crippen MR) is 82.5 cm³/mol. The molecule has 1 nitrogen and oxygen atoms in total. The maximum Gasteiger partial charge on any atom is 0.0386 e. The molecule has 0 spiro atoms. The fourth-order valence-corrected chi connectivity index (χ4v) is 2.53. The molecule has 0 bridgehead atoms. The summed E-state index contributed by atoms with van der Waals surface area (Å²) in [6.07, 6.45) is 0. The molecule has 2 rings (SSSR count). The van der Waals surface area contributed by atoms with Crippen molar-refractivity contribution in [3.8, 4) is 0 Å². The Morgan fingerprint density at radius 1 is 0.895 bits per heavy atom. The predicted octanol–water partition coefficient (Wildman–Crippen LogP) is 4.45. The summed E-state index contributed by atoms with van der Waals surface area (Å²) in [5.74, 6) is 0.462. The molecule has 2 aromatic rings. The van der Waals surface area contributed by atoms with E-state index in [1.165, 1.54) is 16.7 Å². The summed E-state index contributed by atoms with van der Waals surface area (Å²) in [6, 6.07) is 20.0. The molecule has 0 amide bonds. The van der Waals surface area contributed by atoms with E-state index in [2.05, 4.69) is 80.7 Å². The molecular formula is C18H23N. The smallest absolute Gasteiger partial charge is 0.0386 e. The quantitative estimate of drug-likeness (QED) is 0.830. The summed E-state index contributed by atoms with van der Waals surface area (Å²) >= 11 is 0. The van der Waals surface area contributed by atoms with Gasteiger partial charge in [-0.15, -0.1) is 0 Å². The van der Waals surface area contributed by atoms with Crippen LogP contribution >= 0.6 is 0 Å². The number of aryl methyl sites for hydroxylation is 1. The van der Waals surface area contributed by atoms with Gasteiger partial charge in [-0.1, -0.05) is 74.0 Å². The van der Waals surface area contributed by atoms with Crippen molar-refractivity contribution in [1.82, 2.24) is 5.32 Å². The van der Waals surface area contributed by atoms with Gasteiger partial charge in [0.1, 0.15) is 0 Å². The third-order valence-corrected chi connectivity index (χ3v) is 3.69. The lowest BCUT2D eigenvalue weighted by Crippen LogP contribution is -2.25. The normalized spacial score (nSPS) is 14.1. The Morgan fingerprint density at radius 3 is 2.11 bits per heavy atom. The average Bonchev–Trinajstić information content (AvgIpc) is 2.46. The Labute approximate surface area is 116 Å². The van der Waals surface area contributed by atoms with Crippen LogP contribution in [0.15, 0.2) is 54.6 Å². The van der Waals surface area contributed by atoms with E-state index in [0.717, 1.165) is 6.54 Å². The molecule has 0 aromatic heterocycles. The van der Waals surface area contributed by atoms with Gasteiger partial charge < -0.3 is 5.32 Å². The topological polar surface area (TPSA) is 12.0 Å². The van der Waals surface area contributed by atoms with Crippen molar-refractivity contribution >= 4 is 0 Å². The summed E-state index contributed by atoms with van der Waals surface area (Å²) in [6.45, 7) is 7.57. The number of rotatable bonds is 5. The van der Waals surface area contributed by atoms with E-state index >= 15 is 0 Å². The first-order valence-electron chi connectivity index (χ1n) is 7.07. The number of likely N-dealkylation sites (N-methyl/N-ethyl adjacent to an activating group) is 1. The lowest BCUT2D eigenvalue weighted by molar-refractivity contribution is 0.479. The number of hydrogen-bond acceptors (Lipinski definition) is 1. The van der Waals surface area contributed by atoms with Crippen LogP contribution in [0.3, 0.4) is 0 Å². The van der Waals surface area contributed by atoms with E-state index in [1.807, 2.05) is 0 Å². The lowest BCUT2D eigenvalue weighted by atomic mass is 9.88. The van der Waals surface area contributed by atoms with Crippen LogP contribution in [0, 0.1) is 6.92 Å². The Kier molecular flexibility index (Phi) is 4.75. The van der Waals surface area contributed by atoms with Crippen molar-refractivity contribution in [3.63, 3.8) is 0 Å². The maximum absolute atomic E-state index is 3.62. The Morgan fingerprint density at radius 2 is 1.53 bits per heavy atom. The zero-order valence-corrected chi connectivity index (χ0v) is 12.1. The molecule has 0 aliphatic rings. The molecule has 0 heterocycles. The van der Waals surface area contributed by atoms with Gasteiger partial charge in [0.15, 0.2) is 0 Å². The van der Waals surface area contributed by atoms with Crippen molar-refractivity contribution in [2.24, 2.45) is 0 Å². The van der Waals surface area contributed by atoms with Gasteiger partial charge in [-0.05, 0) is 24.6 Å². The van der Waals surface area contributed by atoms with E-state index in [9.17, 15) is 0 Å². The maximum atomic E-state index is 3.62. The van der Waals surface area contributed by atoms with Gasteiger partial charge in [0, 0.05) is 12.0 Å². The fraction of sp³-hybridized carbons (Fsp3) is 0.333. The van der Waals surface area contributed by atoms with Crippen LogP contribution in [0.5, 0.6) is 0 Å². The first kappa shape index (κ1) is 13.8. The zero-order valence-electron chi connectivity index (χ0n) is 12.1. The van der Waals surface area contributed by atoms with Crippen molar-refractivity contribution in [3.05, 3.63) is 71.3 Å². The largest absolute Gasteiger partial charge is 0.310 e. The van der Waals surface area contributed by atoms with Gasteiger partial charge in [-0.25, -0.2) is 0 Å². The fourth-order valence-electron chi connectivity index (χ4n) is 2.53. The highest BCUT2D eigenvalue weighted by Crippen LogP contribution is 2.30. The Hall–Kier alpha value is -1.60. The molecule has 19 heavy (non-hydrogen) atoms. The van der Waals surface area contributed by atoms with Crippen LogP contribution in [-0.2, 0) is 0 Å². The second-order valence-corrected chi connectivity index (χ2v) is 5.15. The minimum atomic E-state index is 0.369. The Bertz CT molecular complexity index is 487. The van der Waals surface area contributed by atoms with Crippen LogP contribution in [-0.4, -0.2) is 6.54 Å². The van der Waals surface area contributed by atoms with Crippen LogP contribution in [0.1, 0.15) is 42.5 Å². The molecule has 100 valence electrons. The van der Waals surface area contributed by atoms with Gasteiger partial charge in [0.25, 0.3) is 0 Å². The first-order valence-corrected chi connectivity index (χ1v) is 7.07. The van der Waals surface area contributed by atoms with Gasteiger partial charge >= 0.3 is 0 Å². The average molecular weight is 253 g/mol. The molecule has 0 aliphatic carbocycles. The highest BCUT2D eigenvalue weighted by atomic mass is 14.9. The number of nitrogens with one attached hydrogen (secondary N) is 1. The summed E-state index contributed by atoms with van der Waals surface area (Å²) < 4.78 is 0. The molecule has 2 atom stereocenters. The minimum Gasteiger partial charge on any atom is -0.310 e. The van der Waals surface area contributed by atoms with Gasteiger partial charge in [-0.2, -0.15) is 0 Å². The second-order valence-electron chi connectivity index (χ2n) is 5.15. The van der Waals surface area contributed by atoms with Crippen LogP contribution in [0.2, 0.25) is 0 Å². The summed E-state index contributed by atoms with van der Waals surface area (Å²) in [5.41, 5.74) is 4.06. The van der Waals surface area contributed by atoms with E-state index in [4.69, 9.17) is 0 Å². The molecule has 2 unspecified atom stereocenters. The molecule has 1 N–H and O–H groups in total. The summed E-state index contributed by atoms with van der Waals surface area (Å²) in [7, 11) is 0. The van der Waals surface area contributed by atoms with Crippen molar-refractivity contribution in [2.75, 3.05) is 6.54 Å². The molecule has 0 saturated heterocycles. The van der Waals surface area contributed by atoms with E-state index in [1.54, 1.807) is 0 Å². The van der Waals surface area contributed by atoms with Gasteiger partial charge in [0.2, 0.25) is 0 Å². The molecule has 0 saturated carbocycles. The van der Waals surface area contributed by atoms with Crippen LogP contribution in [0.25, 0.3) is 0 Å². The monoisotopic (exact) mass is 253 g/mol. The van der Waals surface area contributed by atoms with Crippen LogP contribution in [0.4, 0.5) is 0 Å². The standard InChI is InChI=1S/C18H23N/c1-4-19-18(17-12-10-14(2)11-13-17)15(3)16-8-6-5-7-9-16/h5-13,15,18-19H,4H2,1-3H3. The third kappa shape index (κ3) is 3.45. The van der Waals surface area contributed by atoms with E-state index < -0.39 is 0 Å². The third-order valence-electron chi connectivity index (χ3n) is 3.69. The molecule has 0 aliphatic heterocycles. The Balaban J connectivity index is 2.27. The van der Waals surface area contributed by atoms with Crippen molar-refractivity contribution < 1.29 is 0 Å². The summed E-state index contributed by atoms with van der Waals surface area (Å²) in [4.78, 5) is 0. The first-order chi connectivity index (χ1) is 9.22. The molecular weight excluding hydrogens is 230 g/mol. The number of hydrogen-bond donors (Lipinski definition) is 1. The highest BCUT2D eigenvalue weighted by Gasteiger charge is 2.19. The second kappa shape index (κ2) is 6.53. The molecule has 0 radical (unpaired) electrons. The van der Waals surface area contributed by atoms with Crippen molar-refractivity contribution in [2.45, 2.75) is 32.7 Å². The highest BCUT2D eigenvalue weighted by molar-refractivity contribution is 5.29. The number of benzene rings is 2. The van der Waals surface area contributed by atoms with E-state index in [-0.39, 0.29) is 0 Å². The van der Waals surface area contributed by atoms with Gasteiger partial charge in [-0.3, -0.25) is 0 Å². The minimum absolute atomic E-state index is 0.369. The van der Waals surface area contributed by atoms with Crippen LogP contribution < -0.4 is 5.32 Å².